The van der Waals surface area contributed by atoms with Crippen molar-refractivity contribution in [2.45, 2.75) is 18.8 Å². The molecule has 1 saturated carbocycles. The summed E-state index contributed by atoms with van der Waals surface area (Å²) in [6, 6.07) is 10.3. The highest BCUT2D eigenvalue weighted by Gasteiger charge is 2.34. The van der Waals surface area contributed by atoms with E-state index in [-0.39, 0.29) is 23.2 Å². The molecular formula is C19H13F3N2. The fraction of sp³-hybridized carbons (Fsp3) is 0.211. The minimum atomic E-state index is -0.657. The summed E-state index contributed by atoms with van der Waals surface area (Å²) in [6.45, 7) is 0. The van der Waals surface area contributed by atoms with Gasteiger partial charge >= 0.3 is 0 Å². The van der Waals surface area contributed by atoms with Crippen LogP contribution in [0.4, 0.5) is 13.2 Å². The molecule has 0 atom stereocenters. The van der Waals surface area contributed by atoms with Crippen LogP contribution in [0.3, 0.4) is 0 Å². The average Bonchev–Trinajstić information content (AvgIpc) is 2.87. The molecule has 5 heteroatoms. The number of nitriles is 1. The number of nitrogens with one attached hydrogen (secondary N) is 1. The minimum absolute atomic E-state index is 0.0283. The normalized spacial score (nSPS) is 19.9. The lowest BCUT2D eigenvalue weighted by Gasteiger charge is -2.31. The van der Waals surface area contributed by atoms with Gasteiger partial charge in [0.05, 0.1) is 17.3 Å². The van der Waals surface area contributed by atoms with Gasteiger partial charge in [-0.1, -0.05) is 0 Å². The van der Waals surface area contributed by atoms with Crippen molar-refractivity contribution in [3.63, 3.8) is 0 Å². The zero-order valence-electron chi connectivity index (χ0n) is 12.6. The van der Waals surface area contributed by atoms with Crippen LogP contribution in [0.15, 0.2) is 36.4 Å². The highest BCUT2D eigenvalue weighted by Crippen LogP contribution is 2.48. The summed E-state index contributed by atoms with van der Waals surface area (Å²) < 4.78 is 41.1. The summed E-state index contributed by atoms with van der Waals surface area (Å²) in [4.78, 5) is 3.03. The number of nitrogens with zero attached hydrogens (tertiary/aromatic N) is 1. The second-order valence-corrected chi connectivity index (χ2v) is 6.23. The number of halogens is 3. The lowest BCUT2D eigenvalue weighted by Crippen LogP contribution is -2.20. The molecule has 0 radical (unpaired) electrons. The zero-order valence-corrected chi connectivity index (χ0v) is 12.6. The van der Waals surface area contributed by atoms with Gasteiger partial charge in [0.25, 0.3) is 0 Å². The maximum Gasteiger partial charge on any atom is 0.150 e. The van der Waals surface area contributed by atoms with Gasteiger partial charge in [-0.25, -0.2) is 13.2 Å². The van der Waals surface area contributed by atoms with Crippen molar-refractivity contribution >= 4 is 10.9 Å². The van der Waals surface area contributed by atoms with Gasteiger partial charge < -0.3 is 4.98 Å². The molecule has 1 fully saturated rings. The van der Waals surface area contributed by atoms with Crippen molar-refractivity contribution in [3.05, 3.63) is 59.4 Å². The molecule has 2 nitrogen and oxygen atoms in total. The second-order valence-electron chi connectivity index (χ2n) is 6.23. The van der Waals surface area contributed by atoms with Gasteiger partial charge in [-0.15, -0.1) is 0 Å². The van der Waals surface area contributed by atoms with Crippen LogP contribution in [0.1, 0.15) is 24.3 Å². The predicted octanol–water partition coefficient (Wildman–Crippen LogP) is 5.27. The number of hydrogen-bond acceptors (Lipinski definition) is 1. The third-order valence-corrected chi connectivity index (χ3v) is 4.73. The number of aromatic amines is 1. The Morgan fingerprint density at radius 1 is 1.00 bits per heavy atom. The Morgan fingerprint density at radius 2 is 1.71 bits per heavy atom. The van der Waals surface area contributed by atoms with E-state index < -0.39 is 11.6 Å². The average molecular weight is 326 g/mol. The second kappa shape index (κ2) is 5.41. The van der Waals surface area contributed by atoms with Crippen molar-refractivity contribution in [3.8, 4) is 17.3 Å². The Bertz CT molecular complexity index is 961. The van der Waals surface area contributed by atoms with Crippen LogP contribution in [0.25, 0.3) is 22.2 Å². The molecule has 1 aromatic heterocycles. The fourth-order valence-electron chi connectivity index (χ4n) is 3.47. The van der Waals surface area contributed by atoms with Gasteiger partial charge in [0.1, 0.15) is 17.5 Å². The van der Waals surface area contributed by atoms with Crippen LogP contribution in [-0.4, -0.2) is 4.98 Å². The topological polar surface area (TPSA) is 39.6 Å². The number of hydrogen-bond donors (Lipinski definition) is 1. The van der Waals surface area contributed by atoms with Crippen molar-refractivity contribution in [1.29, 1.82) is 5.26 Å². The summed E-state index contributed by atoms with van der Waals surface area (Å²) in [6.07, 6.45) is 1.32. The molecule has 3 aromatic rings. The lowest BCUT2D eigenvalue weighted by molar-refractivity contribution is 0.334. The first kappa shape index (κ1) is 14.8. The maximum absolute atomic E-state index is 14.2. The monoisotopic (exact) mass is 326 g/mol. The molecule has 120 valence electrons. The van der Waals surface area contributed by atoms with E-state index in [0.29, 0.717) is 29.5 Å². The zero-order chi connectivity index (χ0) is 16.8. The van der Waals surface area contributed by atoms with Crippen molar-refractivity contribution < 1.29 is 13.2 Å². The SMILES string of the molecule is N#C[C@H]1C[C@H](c2c(-c3ccc(F)cc3)[nH]c3c(F)cc(F)cc32)C1. The smallest absolute Gasteiger partial charge is 0.150 e. The summed E-state index contributed by atoms with van der Waals surface area (Å²) >= 11 is 0. The Kier molecular flexibility index (Phi) is 3.34. The fourth-order valence-corrected chi connectivity index (χ4v) is 3.47. The van der Waals surface area contributed by atoms with Crippen LogP contribution >= 0.6 is 0 Å². The van der Waals surface area contributed by atoms with E-state index in [1.54, 1.807) is 12.1 Å². The molecule has 0 saturated heterocycles. The standard InChI is InChI=1S/C19H13F3N2/c20-13-3-1-11(2-4-13)18-17(12-5-10(6-12)9-23)15-7-14(21)8-16(22)19(15)24-18/h1-4,7-8,10,12,24H,5-6H2/t10-,12-. The van der Waals surface area contributed by atoms with Crippen LogP contribution < -0.4 is 0 Å². The van der Waals surface area contributed by atoms with E-state index in [0.717, 1.165) is 11.6 Å². The number of H-pyrrole nitrogens is 1. The molecule has 0 spiro atoms. The van der Waals surface area contributed by atoms with E-state index >= 15 is 0 Å². The number of aromatic nitrogens is 1. The third kappa shape index (κ3) is 2.26. The quantitative estimate of drug-likeness (QED) is 0.684. The summed E-state index contributed by atoms with van der Waals surface area (Å²) in [5, 5.41) is 9.49. The molecule has 1 N–H and O–H groups in total. The molecular weight excluding hydrogens is 313 g/mol. The first-order valence-corrected chi connectivity index (χ1v) is 7.73. The van der Waals surface area contributed by atoms with E-state index in [9.17, 15) is 13.2 Å². The molecule has 24 heavy (non-hydrogen) atoms. The molecule has 1 aliphatic rings. The minimum Gasteiger partial charge on any atom is -0.352 e. The Morgan fingerprint density at radius 3 is 2.38 bits per heavy atom. The molecule has 2 aromatic carbocycles. The molecule has 1 aliphatic carbocycles. The van der Waals surface area contributed by atoms with Crippen molar-refractivity contribution in [2.75, 3.05) is 0 Å². The number of rotatable bonds is 2. The molecule has 0 bridgehead atoms. The Labute approximate surface area is 136 Å². The third-order valence-electron chi connectivity index (χ3n) is 4.73. The van der Waals surface area contributed by atoms with E-state index in [4.69, 9.17) is 5.26 Å². The Hall–Kier alpha value is -2.74. The first-order valence-electron chi connectivity index (χ1n) is 7.73. The van der Waals surface area contributed by atoms with E-state index in [1.807, 2.05) is 0 Å². The van der Waals surface area contributed by atoms with E-state index in [1.165, 1.54) is 18.2 Å². The largest absolute Gasteiger partial charge is 0.352 e. The van der Waals surface area contributed by atoms with Crippen molar-refractivity contribution in [2.24, 2.45) is 5.92 Å². The number of fused-ring (bicyclic) bond motifs is 1. The number of benzene rings is 2. The Balaban J connectivity index is 1.93. The van der Waals surface area contributed by atoms with Gasteiger partial charge in [-0.3, -0.25) is 0 Å². The molecule has 4 rings (SSSR count). The maximum atomic E-state index is 14.2. The molecule has 0 unspecified atom stereocenters. The van der Waals surface area contributed by atoms with Crippen LogP contribution in [0.2, 0.25) is 0 Å². The first-order chi connectivity index (χ1) is 11.6. The van der Waals surface area contributed by atoms with Gasteiger partial charge in [0.15, 0.2) is 0 Å². The van der Waals surface area contributed by atoms with Gasteiger partial charge in [-0.05, 0) is 60.2 Å². The summed E-state index contributed by atoms with van der Waals surface area (Å²) in [5.41, 5.74) is 2.42. The van der Waals surface area contributed by atoms with Crippen LogP contribution in [0, 0.1) is 34.7 Å². The van der Waals surface area contributed by atoms with E-state index in [2.05, 4.69) is 11.1 Å². The molecule has 1 heterocycles. The summed E-state index contributed by atoms with van der Waals surface area (Å²) in [7, 11) is 0. The highest BCUT2D eigenvalue weighted by atomic mass is 19.1. The van der Waals surface area contributed by atoms with Crippen molar-refractivity contribution in [1.82, 2.24) is 4.98 Å². The van der Waals surface area contributed by atoms with Crippen LogP contribution in [-0.2, 0) is 0 Å². The van der Waals surface area contributed by atoms with Gasteiger partial charge in [-0.2, -0.15) is 5.26 Å². The molecule has 0 amide bonds. The lowest BCUT2D eigenvalue weighted by atomic mass is 9.71. The predicted molar refractivity (Wildman–Crippen MR) is 84.7 cm³/mol. The van der Waals surface area contributed by atoms with Gasteiger partial charge in [0, 0.05) is 17.4 Å². The highest BCUT2D eigenvalue weighted by molar-refractivity contribution is 5.92. The van der Waals surface area contributed by atoms with Gasteiger partial charge in [0.2, 0.25) is 0 Å². The summed E-state index contributed by atoms with van der Waals surface area (Å²) in [5.74, 6) is -1.62. The molecule has 0 aliphatic heterocycles. The van der Waals surface area contributed by atoms with Crippen LogP contribution in [0.5, 0.6) is 0 Å².